The van der Waals surface area contributed by atoms with E-state index in [-0.39, 0.29) is 23.7 Å². The molecular formula is C25H34O10. The summed E-state index contributed by atoms with van der Waals surface area (Å²) < 4.78 is 11.4. The van der Waals surface area contributed by atoms with Gasteiger partial charge in [0.1, 0.15) is 30.2 Å². The van der Waals surface area contributed by atoms with E-state index in [0.717, 1.165) is 5.56 Å². The van der Waals surface area contributed by atoms with Crippen LogP contribution in [0.5, 0.6) is 17.2 Å². The van der Waals surface area contributed by atoms with Crippen molar-refractivity contribution in [2.24, 2.45) is 0 Å². The number of rotatable bonds is 11. The highest BCUT2D eigenvalue weighted by atomic mass is 16.7. The van der Waals surface area contributed by atoms with Gasteiger partial charge >= 0.3 is 0 Å². The molecule has 0 bridgehead atoms. The quantitative estimate of drug-likeness (QED) is 0.203. The van der Waals surface area contributed by atoms with Crippen LogP contribution in [0.3, 0.4) is 0 Å². The van der Waals surface area contributed by atoms with Crippen LogP contribution in [-0.2, 0) is 22.3 Å². The van der Waals surface area contributed by atoms with Crippen LogP contribution in [-0.4, -0.2) is 90.4 Å². The highest BCUT2D eigenvalue weighted by Gasteiger charge is 2.44. The number of aryl methyl sites for hydroxylation is 2. The second kappa shape index (κ2) is 12.5. The lowest BCUT2D eigenvalue weighted by Gasteiger charge is -2.41. The summed E-state index contributed by atoms with van der Waals surface area (Å²) in [5, 5.41) is 79.2. The van der Waals surface area contributed by atoms with E-state index in [9.17, 15) is 40.9 Å². The molecule has 2 aromatic rings. The van der Waals surface area contributed by atoms with Crippen LogP contribution in [0.4, 0.5) is 0 Å². The molecule has 35 heavy (non-hydrogen) atoms. The van der Waals surface area contributed by atoms with Gasteiger partial charge in [0.15, 0.2) is 17.8 Å². The Hall–Kier alpha value is -2.44. The molecule has 1 fully saturated rings. The lowest BCUT2D eigenvalue weighted by molar-refractivity contribution is -0.313. The summed E-state index contributed by atoms with van der Waals surface area (Å²) >= 11 is 0. The average Bonchev–Trinajstić information content (AvgIpc) is 2.84. The topological polar surface area (TPSA) is 180 Å². The zero-order chi connectivity index (χ0) is 25.5. The van der Waals surface area contributed by atoms with Crippen LogP contribution in [0.1, 0.15) is 30.4 Å². The number of hydrogen-bond donors (Lipinski definition) is 8. The number of phenols is 3. The molecule has 7 unspecified atom stereocenters. The van der Waals surface area contributed by atoms with Gasteiger partial charge in [-0.15, -0.1) is 0 Å². The maximum atomic E-state index is 10.7. The third-order valence-corrected chi connectivity index (χ3v) is 6.21. The molecule has 1 aliphatic rings. The van der Waals surface area contributed by atoms with E-state index in [1.807, 2.05) is 0 Å². The highest BCUT2D eigenvalue weighted by Crippen LogP contribution is 2.28. The summed E-state index contributed by atoms with van der Waals surface area (Å²) in [5.74, 6) is -0.349. The van der Waals surface area contributed by atoms with E-state index < -0.39 is 49.5 Å². The Morgan fingerprint density at radius 2 is 1.46 bits per heavy atom. The Kier molecular flexibility index (Phi) is 9.70. The average molecular weight is 495 g/mol. The molecule has 10 heteroatoms. The van der Waals surface area contributed by atoms with Crippen molar-refractivity contribution in [1.82, 2.24) is 0 Å². The zero-order valence-electron chi connectivity index (χ0n) is 19.2. The number of aliphatic hydroxyl groups is 5. The summed E-state index contributed by atoms with van der Waals surface area (Å²) in [6, 6.07) is 11.1. The predicted molar refractivity (Wildman–Crippen MR) is 124 cm³/mol. The van der Waals surface area contributed by atoms with Crippen LogP contribution in [0.25, 0.3) is 0 Å². The van der Waals surface area contributed by atoms with Gasteiger partial charge in [-0.3, -0.25) is 0 Å². The van der Waals surface area contributed by atoms with Crippen molar-refractivity contribution in [2.75, 3.05) is 6.61 Å². The van der Waals surface area contributed by atoms with Crippen molar-refractivity contribution in [3.8, 4) is 17.2 Å². The number of aliphatic hydroxyl groups excluding tert-OH is 5. The highest BCUT2D eigenvalue weighted by molar-refractivity contribution is 5.40. The largest absolute Gasteiger partial charge is 0.508 e. The third kappa shape index (κ3) is 7.52. The number of ether oxygens (including phenoxy) is 2. The number of phenolic OH excluding ortho intramolecular Hbond substituents is 3. The third-order valence-electron chi connectivity index (χ3n) is 6.21. The van der Waals surface area contributed by atoms with Crippen molar-refractivity contribution in [2.45, 2.75) is 75.0 Å². The lowest BCUT2D eigenvalue weighted by atomic mass is 9.97. The van der Waals surface area contributed by atoms with E-state index in [1.165, 1.54) is 12.1 Å². The molecule has 0 aliphatic carbocycles. The van der Waals surface area contributed by atoms with Gasteiger partial charge in [-0.05, 0) is 67.5 Å². The summed E-state index contributed by atoms with van der Waals surface area (Å²) in [7, 11) is 0. The molecule has 0 saturated carbocycles. The molecule has 1 saturated heterocycles. The van der Waals surface area contributed by atoms with E-state index >= 15 is 0 Å². The SMILES string of the molecule is OCC1OC(OC(CCc2ccc(O)c(O)c2)CC(O)CCc2ccc(O)cc2)C(O)C(O)C1O. The van der Waals surface area contributed by atoms with Crippen molar-refractivity contribution in [3.63, 3.8) is 0 Å². The Labute approximate surface area is 203 Å². The molecule has 1 aliphatic heterocycles. The molecular weight excluding hydrogens is 460 g/mol. The molecule has 0 radical (unpaired) electrons. The number of aromatic hydroxyl groups is 3. The minimum absolute atomic E-state index is 0.155. The first-order valence-electron chi connectivity index (χ1n) is 11.6. The van der Waals surface area contributed by atoms with Crippen LogP contribution < -0.4 is 0 Å². The molecule has 3 rings (SSSR count). The van der Waals surface area contributed by atoms with Gasteiger partial charge in [0, 0.05) is 0 Å². The molecule has 8 N–H and O–H groups in total. The molecule has 0 spiro atoms. The van der Waals surface area contributed by atoms with Gasteiger partial charge in [-0.25, -0.2) is 0 Å². The smallest absolute Gasteiger partial charge is 0.186 e. The number of hydrogen-bond acceptors (Lipinski definition) is 10. The van der Waals surface area contributed by atoms with Gasteiger partial charge < -0.3 is 50.3 Å². The van der Waals surface area contributed by atoms with Gasteiger partial charge in [0.05, 0.1) is 18.8 Å². The van der Waals surface area contributed by atoms with Crippen LogP contribution in [0, 0.1) is 0 Å². The van der Waals surface area contributed by atoms with E-state index in [4.69, 9.17) is 9.47 Å². The molecule has 194 valence electrons. The maximum Gasteiger partial charge on any atom is 0.186 e. The lowest BCUT2D eigenvalue weighted by Crippen LogP contribution is -2.59. The maximum absolute atomic E-state index is 10.7. The molecule has 2 aromatic carbocycles. The predicted octanol–water partition coefficient (Wildman–Crippen LogP) is 0.305. The van der Waals surface area contributed by atoms with E-state index in [1.54, 1.807) is 30.3 Å². The standard InChI is InChI=1S/C25H34O10/c26-13-21-22(31)23(32)24(33)25(35-21)34-18(9-4-15-5-10-19(29)20(30)11-15)12-17(28)8-3-14-1-6-16(27)7-2-14/h1-2,5-7,10-11,17-18,21-33H,3-4,8-9,12-13H2. The summed E-state index contributed by atoms with van der Waals surface area (Å²) in [5.41, 5.74) is 1.65. The van der Waals surface area contributed by atoms with E-state index in [2.05, 4.69) is 0 Å². The second-order valence-electron chi connectivity index (χ2n) is 8.91. The fourth-order valence-corrected chi connectivity index (χ4v) is 4.08. The molecule has 10 nitrogen and oxygen atoms in total. The fraction of sp³-hybridized carbons (Fsp3) is 0.520. The first-order valence-corrected chi connectivity index (χ1v) is 11.6. The molecule has 1 heterocycles. The molecule has 0 amide bonds. The molecule has 0 aromatic heterocycles. The van der Waals surface area contributed by atoms with Gasteiger partial charge in [-0.1, -0.05) is 18.2 Å². The number of benzene rings is 2. The zero-order valence-corrected chi connectivity index (χ0v) is 19.2. The Balaban J connectivity index is 1.66. The first-order chi connectivity index (χ1) is 16.7. The minimum atomic E-state index is -1.58. The monoisotopic (exact) mass is 494 g/mol. The summed E-state index contributed by atoms with van der Waals surface area (Å²) in [4.78, 5) is 0. The first kappa shape index (κ1) is 27.2. The van der Waals surface area contributed by atoms with Crippen molar-refractivity contribution < 1.29 is 50.3 Å². The van der Waals surface area contributed by atoms with Gasteiger partial charge in [-0.2, -0.15) is 0 Å². The Morgan fingerprint density at radius 3 is 2.11 bits per heavy atom. The summed E-state index contributed by atoms with van der Waals surface area (Å²) in [6.45, 7) is -0.586. The van der Waals surface area contributed by atoms with Gasteiger partial charge in [0.2, 0.25) is 0 Å². The van der Waals surface area contributed by atoms with Gasteiger partial charge in [0.25, 0.3) is 0 Å². The van der Waals surface area contributed by atoms with Crippen LogP contribution in [0.15, 0.2) is 42.5 Å². The normalized spacial score (nSPS) is 26.4. The molecule has 7 atom stereocenters. The van der Waals surface area contributed by atoms with Crippen molar-refractivity contribution >= 4 is 0 Å². The second-order valence-corrected chi connectivity index (χ2v) is 8.91. The Morgan fingerprint density at radius 1 is 0.800 bits per heavy atom. The Bertz CT molecular complexity index is 919. The van der Waals surface area contributed by atoms with Crippen molar-refractivity contribution in [1.29, 1.82) is 0 Å². The van der Waals surface area contributed by atoms with Crippen molar-refractivity contribution in [3.05, 3.63) is 53.6 Å². The summed E-state index contributed by atoms with van der Waals surface area (Å²) in [6.07, 6.45) is -6.69. The fourth-order valence-electron chi connectivity index (χ4n) is 4.08. The van der Waals surface area contributed by atoms with Crippen LogP contribution in [0.2, 0.25) is 0 Å². The van der Waals surface area contributed by atoms with Crippen LogP contribution >= 0.6 is 0 Å². The van der Waals surface area contributed by atoms with E-state index in [0.29, 0.717) is 31.2 Å². The minimum Gasteiger partial charge on any atom is -0.508 e.